The number of carbonyl (C=O) groups is 2. The third-order valence-corrected chi connectivity index (χ3v) is 8.08. The highest BCUT2D eigenvalue weighted by molar-refractivity contribution is 6.30. The van der Waals surface area contributed by atoms with Crippen LogP contribution in [0.4, 0.5) is 43.9 Å². The van der Waals surface area contributed by atoms with Crippen LogP contribution in [0.15, 0.2) is 47.0 Å². The number of hydrogen-bond acceptors (Lipinski definition) is 8. The Labute approximate surface area is 263 Å². The molecule has 0 saturated carbocycles. The number of hydrogen-bond donors (Lipinski definition) is 2. The Balaban J connectivity index is 1.19. The number of benzene rings is 1. The van der Waals surface area contributed by atoms with E-state index in [2.05, 4.69) is 15.3 Å². The average molecular weight is 675 g/mol. The Bertz CT molecular complexity index is 1540. The number of nitrogens with one attached hydrogen (secondary N) is 1. The van der Waals surface area contributed by atoms with E-state index in [0.717, 1.165) is 23.3 Å². The van der Waals surface area contributed by atoms with E-state index in [1.807, 2.05) is 18.2 Å². The summed E-state index contributed by atoms with van der Waals surface area (Å²) in [7, 11) is 0. The quantitative estimate of drug-likeness (QED) is 0.320. The Morgan fingerprint density at radius 3 is 2.41 bits per heavy atom. The van der Waals surface area contributed by atoms with Gasteiger partial charge in [0.1, 0.15) is 5.82 Å². The van der Waals surface area contributed by atoms with E-state index in [-0.39, 0.29) is 43.8 Å². The summed E-state index contributed by atoms with van der Waals surface area (Å²) >= 11 is 6.04. The smallest absolute Gasteiger partial charge is 0.417 e. The molecular formula is C29H29ClF6N6O4. The monoisotopic (exact) mass is 674 g/mol. The van der Waals surface area contributed by atoms with E-state index in [9.17, 15) is 41.0 Å². The van der Waals surface area contributed by atoms with Crippen LogP contribution in [0.2, 0.25) is 5.02 Å². The summed E-state index contributed by atoms with van der Waals surface area (Å²) in [5, 5.41) is 12.2. The second kappa shape index (κ2) is 13.4. The molecule has 2 amide bonds. The Kier molecular flexibility index (Phi) is 9.67. The number of aryl methyl sites for hydroxylation is 1. The van der Waals surface area contributed by atoms with Crippen LogP contribution >= 0.6 is 11.6 Å². The topological polar surface area (TPSA) is 115 Å². The van der Waals surface area contributed by atoms with E-state index >= 15 is 0 Å². The van der Waals surface area contributed by atoms with E-state index < -0.39 is 41.7 Å². The molecule has 46 heavy (non-hydrogen) atoms. The molecule has 5 rings (SSSR count). The molecule has 2 aliphatic heterocycles. The molecule has 248 valence electrons. The predicted molar refractivity (Wildman–Crippen MR) is 155 cm³/mol. The number of alkyl halides is 6. The summed E-state index contributed by atoms with van der Waals surface area (Å²) in [6.07, 6.45) is -9.67. The number of rotatable bonds is 8. The maximum absolute atomic E-state index is 13.9. The van der Waals surface area contributed by atoms with Crippen molar-refractivity contribution in [1.82, 2.24) is 14.9 Å². The first kappa shape index (κ1) is 33.3. The van der Waals surface area contributed by atoms with Crippen molar-refractivity contribution in [3.63, 3.8) is 0 Å². The zero-order valence-corrected chi connectivity index (χ0v) is 24.9. The van der Waals surface area contributed by atoms with Gasteiger partial charge >= 0.3 is 12.4 Å². The van der Waals surface area contributed by atoms with Gasteiger partial charge in [-0.3, -0.25) is 9.59 Å². The number of oxazole rings is 1. The van der Waals surface area contributed by atoms with Crippen LogP contribution in [0.25, 0.3) is 0 Å². The summed E-state index contributed by atoms with van der Waals surface area (Å²) in [6.45, 7) is 0.858. The largest absolute Gasteiger partial charge is 0.437 e. The van der Waals surface area contributed by atoms with Crippen LogP contribution in [0.1, 0.15) is 34.7 Å². The van der Waals surface area contributed by atoms with Gasteiger partial charge in [0.25, 0.3) is 17.8 Å². The van der Waals surface area contributed by atoms with Crippen LogP contribution < -0.4 is 15.1 Å². The van der Waals surface area contributed by atoms with Crippen molar-refractivity contribution in [3.8, 4) is 0 Å². The minimum absolute atomic E-state index is 0.0594. The number of pyridine rings is 1. The van der Waals surface area contributed by atoms with Crippen LogP contribution in [0, 0.1) is 5.92 Å². The van der Waals surface area contributed by atoms with Crippen molar-refractivity contribution in [1.29, 1.82) is 0 Å². The summed E-state index contributed by atoms with van der Waals surface area (Å²) in [4.78, 5) is 36.8. The lowest BCUT2D eigenvalue weighted by Gasteiger charge is -2.36. The number of aliphatic hydroxyl groups is 1. The number of aromatic nitrogens is 2. The van der Waals surface area contributed by atoms with Crippen molar-refractivity contribution >= 4 is 40.9 Å². The van der Waals surface area contributed by atoms with E-state index in [1.54, 1.807) is 15.9 Å². The number of anilines is 3. The van der Waals surface area contributed by atoms with Crippen LogP contribution in [-0.4, -0.2) is 83.3 Å². The van der Waals surface area contributed by atoms with Crippen LogP contribution in [0.5, 0.6) is 0 Å². The molecule has 0 aliphatic carbocycles. The zero-order valence-electron chi connectivity index (χ0n) is 24.1. The highest BCUT2D eigenvalue weighted by Gasteiger charge is 2.46. The van der Waals surface area contributed by atoms with Gasteiger partial charge in [-0.2, -0.15) is 31.3 Å². The Morgan fingerprint density at radius 1 is 1.04 bits per heavy atom. The summed E-state index contributed by atoms with van der Waals surface area (Å²) < 4.78 is 85.0. The molecule has 2 unspecified atom stereocenters. The van der Waals surface area contributed by atoms with Gasteiger partial charge in [0.15, 0.2) is 5.69 Å². The standard InChI is InChI=1S/C29H29ClF6N6O4/c30-19-3-1-2-17(14-19)4-5-18-8-9-42(16-18)27-39-23(28(31,32)33)22(46-27)25(44)38-20-6-7-21(37-15-20)40-10-12-41(13-11-40)26(45)24(43)29(34,35)36/h1-3,6-7,14-15,18,24,43H,4-5,8-13,16H2,(H,38,44). The van der Waals surface area contributed by atoms with E-state index in [1.165, 1.54) is 18.3 Å². The SMILES string of the molecule is O=C(Nc1ccc(N2CCN(C(=O)C(O)C(F)(F)F)CC2)nc1)c1oc(N2CCC(CCc3cccc(Cl)c3)C2)nc1C(F)(F)F. The molecule has 2 atom stereocenters. The van der Waals surface area contributed by atoms with E-state index in [4.69, 9.17) is 16.0 Å². The van der Waals surface area contributed by atoms with Crippen molar-refractivity contribution in [2.75, 3.05) is 54.4 Å². The maximum Gasteiger partial charge on any atom is 0.437 e. The molecular weight excluding hydrogens is 646 g/mol. The number of halogens is 7. The highest BCUT2D eigenvalue weighted by Crippen LogP contribution is 2.36. The minimum Gasteiger partial charge on any atom is -0.417 e. The Morgan fingerprint density at radius 2 is 1.78 bits per heavy atom. The molecule has 2 N–H and O–H groups in total. The van der Waals surface area contributed by atoms with Gasteiger partial charge in [-0.1, -0.05) is 23.7 Å². The van der Waals surface area contributed by atoms with Crippen molar-refractivity contribution in [2.45, 2.75) is 37.7 Å². The van der Waals surface area contributed by atoms with Gasteiger partial charge in [-0.15, -0.1) is 0 Å². The number of piperazine rings is 1. The number of nitrogens with zero attached hydrogens (tertiary/aromatic N) is 5. The molecule has 2 saturated heterocycles. The minimum atomic E-state index is -5.07. The second-order valence-corrected chi connectivity index (χ2v) is 11.5. The fourth-order valence-electron chi connectivity index (χ4n) is 5.40. The predicted octanol–water partition coefficient (Wildman–Crippen LogP) is 5.03. The van der Waals surface area contributed by atoms with Gasteiger partial charge < -0.3 is 29.5 Å². The molecule has 0 bridgehead atoms. The molecule has 3 aromatic rings. The molecule has 2 fully saturated rings. The lowest BCUT2D eigenvalue weighted by Crippen LogP contribution is -2.54. The molecule has 4 heterocycles. The first-order chi connectivity index (χ1) is 21.7. The van der Waals surface area contributed by atoms with Crippen LogP contribution in [0.3, 0.4) is 0 Å². The first-order valence-corrected chi connectivity index (χ1v) is 14.7. The summed E-state index contributed by atoms with van der Waals surface area (Å²) in [5.74, 6) is -3.07. The molecule has 2 aromatic heterocycles. The molecule has 2 aliphatic rings. The fraction of sp³-hybridized carbons (Fsp3) is 0.448. The van der Waals surface area contributed by atoms with Gasteiger partial charge in [0, 0.05) is 44.3 Å². The molecule has 1 aromatic carbocycles. The summed E-state index contributed by atoms with van der Waals surface area (Å²) in [5.41, 5.74) is -0.332. The maximum atomic E-state index is 13.9. The molecule has 0 radical (unpaired) electrons. The third kappa shape index (κ3) is 7.84. The van der Waals surface area contributed by atoms with Gasteiger partial charge in [0.2, 0.25) is 11.9 Å². The van der Waals surface area contributed by atoms with Gasteiger partial charge in [-0.05, 0) is 55.0 Å². The van der Waals surface area contributed by atoms with Crippen LogP contribution in [-0.2, 0) is 17.4 Å². The lowest BCUT2D eigenvalue weighted by molar-refractivity contribution is -0.210. The highest BCUT2D eigenvalue weighted by atomic mass is 35.5. The number of amides is 2. The second-order valence-electron chi connectivity index (χ2n) is 11.1. The third-order valence-electron chi connectivity index (χ3n) is 7.84. The molecule has 10 nitrogen and oxygen atoms in total. The number of aliphatic hydroxyl groups excluding tert-OH is 1. The Hall–Kier alpha value is -4.05. The average Bonchev–Trinajstić information content (AvgIpc) is 3.68. The van der Waals surface area contributed by atoms with E-state index in [0.29, 0.717) is 30.4 Å². The van der Waals surface area contributed by atoms with Crippen molar-refractivity contribution < 1.29 is 45.5 Å². The number of carbonyl (C=O) groups excluding carboxylic acids is 2. The first-order valence-electron chi connectivity index (χ1n) is 14.3. The van der Waals surface area contributed by atoms with Gasteiger partial charge in [0.05, 0.1) is 11.9 Å². The molecule has 0 spiro atoms. The molecule has 17 heteroatoms. The lowest BCUT2D eigenvalue weighted by atomic mass is 9.99. The normalized spacial score (nSPS) is 18.2. The van der Waals surface area contributed by atoms with Crippen molar-refractivity contribution in [2.24, 2.45) is 5.92 Å². The van der Waals surface area contributed by atoms with Gasteiger partial charge in [-0.25, -0.2) is 4.98 Å². The summed E-state index contributed by atoms with van der Waals surface area (Å²) in [6, 6.07) is 10.0. The zero-order chi connectivity index (χ0) is 33.2. The fourth-order valence-corrected chi connectivity index (χ4v) is 5.61. The van der Waals surface area contributed by atoms with Crippen molar-refractivity contribution in [3.05, 3.63) is 64.6 Å².